The van der Waals surface area contributed by atoms with E-state index < -0.39 is 11.7 Å². The second kappa shape index (κ2) is 6.14. The Hall–Kier alpha value is -2.15. The fourth-order valence-electron chi connectivity index (χ4n) is 1.48. The number of rotatable bonds is 3. The average Bonchev–Trinajstić information content (AvgIpc) is 2.29. The fraction of sp³-hybridized carbons (Fsp3) is 0.400. The molecular weight excluding hydrogens is 242 g/mol. The lowest BCUT2D eigenvalue weighted by molar-refractivity contribution is 0.0636. The van der Waals surface area contributed by atoms with Crippen LogP contribution < -0.4 is 10.1 Å². The summed E-state index contributed by atoms with van der Waals surface area (Å²) in [6.07, 6.45) is 5.22. The summed E-state index contributed by atoms with van der Waals surface area (Å²) < 4.78 is 10.3. The molecule has 0 atom stereocenters. The van der Waals surface area contributed by atoms with Crippen LogP contribution in [0.2, 0.25) is 0 Å². The molecule has 1 aromatic rings. The van der Waals surface area contributed by atoms with E-state index in [-0.39, 0.29) is 0 Å². The number of ether oxygens (including phenoxy) is 2. The summed E-state index contributed by atoms with van der Waals surface area (Å²) in [7, 11) is 1.56. The van der Waals surface area contributed by atoms with Gasteiger partial charge < -0.3 is 9.47 Å². The van der Waals surface area contributed by atoms with Crippen LogP contribution >= 0.6 is 0 Å². The van der Waals surface area contributed by atoms with Crippen molar-refractivity contribution in [1.29, 1.82) is 0 Å². The minimum absolute atomic E-state index is 0.426. The number of methoxy groups -OCH3 is 1. The molecule has 0 unspecified atom stereocenters. The third-order valence-electron chi connectivity index (χ3n) is 2.25. The summed E-state index contributed by atoms with van der Waals surface area (Å²) in [4.78, 5) is 11.8. The van der Waals surface area contributed by atoms with E-state index in [0.717, 1.165) is 5.56 Å². The van der Waals surface area contributed by atoms with Gasteiger partial charge in [0.2, 0.25) is 0 Å². The molecule has 0 aliphatic carbocycles. The second-order valence-corrected chi connectivity index (χ2v) is 5.03. The highest BCUT2D eigenvalue weighted by Crippen LogP contribution is 2.23. The van der Waals surface area contributed by atoms with Gasteiger partial charge in [0.25, 0.3) is 0 Å². The first-order chi connectivity index (χ1) is 8.85. The summed E-state index contributed by atoms with van der Waals surface area (Å²) >= 11 is 0. The molecule has 0 heterocycles. The van der Waals surface area contributed by atoms with Crippen LogP contribution in [0, 0.1) is 12.3 Å². The summed E-state index contributed by atoms with van der Waals surface area (Å²) in [6.45, 7) is 5.42. The van der Waals surface area contributed by atoms with Crippen molar-refractivity contribution in [3.8, 4) is 18.1 Å². The van der Waals surface area contributed by atoms with Crippen LogP contribution in [-0.2, 0) is 11.2 Å². The first-order valence-corrected chi connectivity index (χ1v) is 5.96. The first kappa shape index (κ1) is 14.9. The van der Waals surface area contributed by atoms with Gasteiger partial charge in [0.15, 0.2) is 0 Å². The summed E-state index contributed by atoms with van der Waals surface area (Å²) in [5.41, 5.74) is 0.899. The Kier molecular flexibility index (Phi) is 4.82. The molecule has 102 valence electrons. The largest absolute Gasteiger partial charge is 0.497 e. The third-order valence-corrected chi connectivity index (χ3v) is 2.25. The fourth-order valence-corrected chi connectivity index (χ4v) is 1.48. The van der Waals surface area contributed by atoms with Crippen LogP contribution in [0.15, 0.2) is 18.2 Å². The number of amides is 1. The standard InChI is InChI=1S/C15H19NO3/c1-6-7-11-8-9-12(18-5)10-13(11)16-14(17)19-15(2,3)4/h1,8-10H,7H2,2-5H3,(H,16,17). The molecule has 0 aliphatic rings. The van der Waals surface area contributed by atoms with Crippen LogP contribution in [0.5, 0.6) is 5.75 Å². The van der Waals surface area contributed by atoms with Crippen LogP contribution in [-0.4, -0.2) is 18.8 Å². The molecule has 0 fully saturated rings. The van der Waals surface area contributed by atoms with Gasteiger partial charge in [0.05, 0.1) is 12.8 Å². The van der Waals surface area contributed by atoms with Crippen molar-refractivity contribution in [3.05, 3.63) is 23.8 Å². The highest BCUT2D eigenvalue weighted by molar-refractivity contribution is 5.86. The highest BCUT2D eigenvalue weighted by Gasteiger charge is 2.17. The number of hydrogen-bond acceptors (Lipinski definition) is 3. The van der Waals surface area contributed by atoms with Crippen molar-refractivity contribution in [2.45, 2.75) is 32.8 Å². The molecule has 0 radical (unpaired) electrons. The minimum Gasteiger partial charge on any atom is -0.497 e. The summed E-state index contributed by atoms with van der Waals surface area (Å²) in [5, 5.41) is 2.69. The number of terminal acetylenes is 1. The number of nitrogens with one attached hydrogen (secondary N) is 1. The number of carbonyl (C=O) groups is 1. The van der Waals surface area contributed by atoms with Crippen molar-refractivity contribution in [2.75, 3.05) is 12.4 Å². The van der Waals surface area contributed by atoms with Crippen molar-refractivity contribution < 1.29 is 14.3 Å². The SMILES string of the molecule is C#CCc1ccc(OC)cc1NC(=O)OC(C)(C)C. The van der Waals surface area contributed by atoms with Gasteiger partial charge in [-0.05, 0) is 32.4 Å². The minimum atomic E-state index is -0.546. The normalized spacial score (nSPS) is 10.5. The predicted octanol–water partition coefficient (Wildman–Crippen LogP) is 3.22. The molecule has 0 bridgehead atoms. The summed E-state index contributed by atoms with van der Waals surface area (Å²) in [5.74, 6) is 3.20. The molecule has 0 spiro atoms. The van der Waals surface area contributed by atoms with E-state index in [0.29, 0.717) is 17.9 Å². The summed E-state index contributed by atoms with van der Waals surface area (Å²) in [6, 6.07) is 5.34. The topological polar surface area (TPSA) is 47.6 Å². The molecule has 1 aromatic carbocycles. The van der Waals surface area contributed by atoms with E-state index in [9.17, 15) is 4.79 Å². The zero-order valence-corrected chi connectivity index (χ0v) is 11.7. The maximum Gasteiger partial charge on any atom is 0.412 e. The first-order valence-electron chi connectivity index (χ1n) is 5.96. The van der Waals surface area contributed by atoms with Gasteiger partial charge in [-0.3, -0.25) is 5.32 Å². The van der Waals surface area contributed by atoms with Gasteiger partial charge in [-0.1, -0.05) is 6.07 Å². The van der Waals surface area contributed by atoms with E-state index in [4.69, 9.17) is 15.9 Å². The lowest BCUT2D eigenvalue weighted by atomic mass is 10.1. The van der Waals surface area contributed by atoms with Gasteiger partial charge in [-0.15, -0.1) is 12.3 Å². The second-order valence-electron chi connectivity index (χ2n) is 5.03. The van der Waals surface area contributed by atoms with E-state index in [2.05, 4.69) is 11.2 Å². The van der Waals surface area contributed by atoms with Crippen molar-refractivity contribution >= 4 is 11.8 Å². The van der Waals surface area contributed by atoms with Crippen LogP contribution in [0.4, 0.5) is 10.5 Å². The molecule has 4 heteroatoms. The molecular formula is C15H19NO3. The van der Waals surface area contributed by atoms with E-state index in [1.54, 1.807) is 40.0 Å². The van der Waals surface area contributed by atoms with E-state index >= 15 is 0 Å². The van der Waals surface area contributed by atoms with Gasteiger partial charge in [0.1, 0.15) is 11.4 Å². The van der Waals surface area contributed by atoms with E-state index in [1.807, 2.05) is 6.07 Å². The van der Waals surface area contributed by atoms with Crippen molar-refractivity contribution in [1.82, 2.24) is 0 Å². The van der Waals surface area contributed by atoms with Crippen molar-refractivity contribution in [3.63, 3.8) is 0 Å². The molecule has 1 amide bonds. The maximum absolute atomic E-state index is 11.8. The number of hydrogen-bond donors (Lipinski definition) is 1. The molecule has 0 aliphatic heterocycles. The quantitative estimate of drug-likeness (QED) is 0.850. The monoisotopic (exact) mass is 261 g/mol. The zero-order valence-electron chi connectivity index (χ0n) is 11.7. The molecule has 4 nitrogen and oxygen atoms in total. The van der Waals surface area contributed by atoms with Crippen LogP contribution in [0.25, 0.3) is 0 Å². The Morgan fingerprint density at radius 3 is 2.63 bits per heavy atom. The van der Waals surface area contributed by atoms with E-state index in [1.165, 1.54) is 0 Å². The Balaban J connectivity index is 2.91. The zero-order chi connectivity index (χ0) is 14.5. The molecule has 1 rings (SSSR count). The van der Waals surface area contributed by atoms with Crippen LogP contribution in [0.1, 0.15) is 26.3 Å². The third kappa shape index (κ3) is 4.92. The Labute approximate surface area is 114 Å². The number of anilines is 1. The predicted molar refractivity (Wildman–Crippen MR) is 75.4 cm³/mol. The van der Waals surface area contributed by atoms with Gasteiger partial charge in [0, 0.05) is 12.5 Å². The smallest absolute Gasteiger partial charge is 0.412 e. The molecule has 0 saturated heterocycles. The number of benzene rings is 1. The molecule has 0 aromatic heterocycles. The maximum atomic E-state index is 11.8. The Morgan fingerprint density at radius 2 is 2.11 bits per heavy atom. The van der Waals surface area contributed by atoms with Gasteiger partial charge in [-0.25, -0.2) is 4.79 Å². The van der Waals surface area contributed by atoms with Gasteiger partial charge in [-0.2, -0.15) is 0 Å². The van der Waals surface area contributed by atoms with Gasteiger partial charge >= 0.3 is 6.09 Å². The Morgan fingerprint density at radius 1 is 1.42 bits per heavy atom. The lowest BCUT2D eigenvalue weighted by Crippen LogP contribution is -2.27. The molecule has 1 N–H and O–H groups in total. The molecule has 19 heavy (non-hydrogen) atoms. The van der Waals surface area contributed by atoms with Crippen LogP contribution in [0.3, 0.4) is 0 Å². The molecule has 0 saturated carbocycles. The lowest BCUT2D eigenvalue weighted by Gasteiger charge is -2.20. The highest BCUT2D eigenvalue weighted by atomic mass is 16.6. The Bertz CT molecular complexity index is 495. The van der Waals surface area contributed by atoms with Crippen molar-refractivity contribution in [2.24, 2.45) is 0 Å². The number of carbonyl (C=O) groups excluding carboxylic acids is 1. The average molecular weight is 261 g/mol.